The molecule has 4 aromatic rings. The molecule has 0 radical (unpaired) electrons. The first-order valence-corrected chi connectivity index (χ1v) is 8.63. The monoisotopic (exact) mass is 347 g/mol. The summed E-state index contributed by atoms with van der Waals surface area (Å²) in [4.78, 5) is 3.41. The van der Waals surface area contributed by atoms with E-state index in [-0.39, 0.29) is 5.82 Å². The molecule has 1 N–H and O–H groups in total. The van der Waals surface area contributed by atoms with Crippen molar-refractivity contribution in [1.82, 2.24) is 4.98 Å². The second-order valence-electron chi connectivity index (χ2n) is 6.32. The normalized spacial score (nSPS) is 11.0. The quantitative estimate of drug-likeness (QED) is 0.528. The van der Waals surface area contributed by atoms with Crippen molar-refractivity contribution in [3.63, 3.8) is 0 Å². The maximum atomic E-state index is 14.2. The predicted octanol–water partition coefficient (Wildman–Crippen LogP) is 4.53. The van der Waals surface area contributed by atoms with Gasteiger partial charge in [0.15, 0.2) is 17.6 Å². The number of imidazole rings is 1. The zero-order valence-electron chi connectivity index (χ0n) is 14.6. The maximum absolute atomic E-state index is 14.2. The summed E-state index contributed by atoms with van der Waals surface area (Å²) in [7, 11) is 0. The topological polar surface area (TPSA) is 28.9 Å². The molecule has 0 atom stereocenters. The van der Waals surface area contributed by atoms with Crippen LogP contribution in [0.1, 0.15) is 17.0 Å². The lowest BCUT2D eigenvalue weighted by molar-refractivity contribution is -0.671. The van der Waals surface area contributed by atoms with Gasteiger partial charge in [0, 0.05) is 5.56 Å². The minimum absolute atomic E-state index is 0.198. The standard InChI is InChI=1S/C22H19FN2O/c1-16-8-2-7-13-21(16)26-15-22-24-19-11-5-6-12-20(19)25(22)14-17-9-3-4-10-18(17)23/h2-13H,14-15H2,1H3/p+1. The SMILES string of the molecule is Cc1ccccc1OCc1[nH]c2ccccc2[n+]1Cc1ccccc1F. The molecule has 0 amide bonds. The van der Waals surface area contributed by atoms with E-state index in [1.807, 2.05) is 67.6 Å². The van der Waals surface area contributed by atoms with Crippen LogP contribution in [0, 0.1) is 12.7 Å². The average Bonchev–Trinajstić information content (AvgIpc) is 3.01. The minimum atomic E-state index is -0.198. The van der Waals surface area contributed by atoms with Crippen LogP contribution in [0.2, 0.25) is 0 Å². The summed E-state index contributed by atoms with van der Waals surface area (Å²) in [6, 6.07) is 22.8. The number of hydrogen-bond acceptors (Lipinski definition) is 1. The Bertz CT molecular complexity index is 1050. The van der Waals surface area contributed by atoms with Gasteiger partial charge in [-0.25, -0.2) is 13.9 Å². The van der Waals surface area contributed by atoms with Gasteiger partial charge in [-0.2, -0.15) is 0 Å². The van der Waals surface area contributed by atoms with Crippen molar-refractivity contribution in [1.29, 1.82) is 0 Å². The molecule has 0 unspecified atom stereocenters. The van der Waals surface area contributed by atoms with Crippen LogP contribution in [0.15, 0.2) is 72.8 Å². The Balaban J connectivity index is 1.70. The zero-order valence-corrected chi connectivity index (χ0v) is 14.6. The van der Waals surface area contributed by atoms with Gasteiger partial charge in [-0.3, -0.25) is 0 Å². The fraction of sp³-hybridized carbons (Fsp3) is 0.136. The molecule has 1 heterocycles. The zero-order chi connectivity index (χ0) is 17.9. The van der Waals surface area contributed by atoms with E-state index in [2.05, 4.69) is 9.55 Å². The first-order valence-electron chi connectivity index (χ1n) is 8.63. The molecule has 0 aliphatic rings. The van der Waals surface area contributed by atoms with Crippen molar-refractivity contribution in [2.45, 2.75) is 20.1 Å². The van der Waals surface area contributed by atoms with Gasteiger partial charge in [0.2, 0.25) is 0 Å². The summed E-state index contributed by atoms with van der Waals surface area (Å²) >= 11 is 0. The molecule has 0 saturated carbocycles. The number of benzene rings is 3. The highest BCUT2D eigenvalue weighted by molar-refractivity contribution is 5.71. The molecule has 0 fully saturated rings. The Hall–Kier alpha value is -3.14. The van der Waals surface area contributed by atoms with Crippen LogP contribution in [-0.2, 0) is 13.2 Å². The van der Waals surface area contributed by atoms with Gasteiger partial charge in [0.05, 0.1) is 0 Å². The summed E-state index contributed by atoms with van der Waals surface area (Å²) in [6.45, 7) is 2.85. The number of hydrogen-bond donors (Lipinski definition) is 1. The molecule has 3 aromatic carbocycles. The second kappa shape index (κ2) is 7.00. The Morgan fingerprint density at radius 3 is 2.50 bits per heavy atom. The van der Waals surface area contributed by atoms with E-state index < -0.39 is 0 Å². The van der Waals surface area contributed by atoms with Gasteiger partial charge in [-0.15, -0.1) is 0 Å². The molecule has 3 nitrogen and oxygen atoms in total. The third-order valence-corrected chi connectivity index (χ3v) is 4.54. The molecule has 0 aliphatic heterocycles. The van der Waals surface area contributed by atoms with Crippen LogP contribution >= 0.6 is 0 Å². The van der Waals surface area contributed by atoms with Crippen molar-refractivity contribution < 1.29 is 13.7 Å². The number of aryl methyl sites for hydroxylation is 1. The first kappa shape index (κ1) is 16.3. The fourth-order valence-corrected chi connectivity index (χ4v) is 3.14. The molecular weight excluding hydrogens is 327 g/mol. The van der Waals surface area contributed by atoms with Crippen LogP contribution in [0.5, 0.6) is 5.75 Å². The number of halogens is 1. The van der Waals surface area contributed by atoms with Crippen molar-refractivity contribution in [2.75, 3.05) is 0 Å². The molecule has 0 spiro atoms. The fourth-order valence-electron chi connectivity index (χ4n) is 3.14. The molecule has 0 aliphatic carbocycles. The van der Waals surface area contributed by atoms with Gasteiger partial charge >= 0.3 is 0 Å². The molecular formula is C22H20FN2O+. The van der Waals surface area contributed by atoms with Crippen molar-refractivity contribution >= 4 is 11.0 Å². The summed E-state index contributed by atoms with van der Waals surface area (Å²) in [6.07, 6.45) is 0. The molecule has 1 aromatic heterocycles. The average molecular weight is 347 g/mol. The smallest absolute Gasteiger partial charge is 0.294 e. The Labute approximate surface area is 151 Å². The number of ether oxygens (including phenoxy) is 1. The molecule has 4 heteroatoms. The number of rotatable bonds is 5. The number of nitrogens with one attached hydrogen (secondary N) is 1. The highest BCUT2D eigenvalue weighted by atomic mass is 19.1. The van der Waals surface area contributed by atoms with Crippen molar-refractivity contribution in [3.05, 3.63) is 95.6 Å². The van der Waals surface area contributed by atoms with E-state index in [1.165, 1.54) is 6.07 Å². The van der Waals surface area contributed by atoms with E-state index in [0.29, 0.717) is 18.7 Å². The summed E-state index contributed by atoms with van der Waals surface area (Å²) in [5.74, 6) is 1.55. The Kier molecular flexibility index (Phi) is 4.40. The van der Waals surface area contributed by atoms with E-state index in [9.17, 15) is 4.39 Å². The van der Waals surface area contributed by atoms with E-state index in [1.54, 1.807) is 6.07 Å². The highest BCUT2D eigenvalue weighted by Crippen LogP contribution is 2.18. The van der Waals surface area contributed by atoms with Gasteiger partial charge in [-0.1, -0.05) is 48.5 Å². The van der Waals surface area contributed by atoms with Gasteiger partial charge < -0.3 is 4.74 Å². The predicted molar refractivity (Wildman–Crippen MR) is 99.5 cm³/mol. The van der Waals surface area contributed by atoms with Crippen molar-refractivity contribution in [2.24, 2.45) is 0 Å². The van der Waals surface area contributed by atoms with Crippen molar-refractivity contribution in [3.8, 4) is 5.75 Å². The van der Waals surface area contributed by atoms with Gasteiger partial charge in [0.1, 0.15) is 18.1 Å². The summed E-state index contributed by atoms with van der Waals surface area (Å²) in [5.41, 5.74) is 3.77. The van der Waals surface area contributed by atoms with Crippen LogP contribution in [0.3, 0.4) is 0 Å². The number of para-hydroxylation sites is 3. The minimum Gasteiger partial charge on any atom is -0.481 e. The molecule has 0 bridgehead atoms. The second-order valence-corrected chi connectivity index (χ2v) is 6.32. The lowest BCUT2D eigenvalue weighted by Gasteiger charge is -2.08. The number of aromatic amines is 1. The number of H-pyrrole nitrogens is 1. The van der Waals surface area contributed by atoms with E-state index >= 15 is 0 Å². The van der Waals surface area contributed by atoms with Crippen LogP contribution in [0.4, 0.5) is 4.39 Å². The Morgan fingerprint density at radius 2 is 1.65 bits per heavy atom. The third-order valence-electron chi connectivity index (χ3n) is 4.54. The number of nitrogens with zero attached hydrogens (tertiary/aromatic N) is 1. The molecule has 0 saturated heterocycles. The first-order chi connectivity index (χ1) is 12.7. The highest BCUT2D eigenvalue weighted by Gasteiger charge is 2.20. The molecule has 4 rings (SSSR count). The lowest BCUT2D eigenvalue weighted by Crippen LogP contribution is -2.38. The lowest BCUT2D eigenvalue weighted by atomic mass is 10.2. The largest absolute Gasteiger partial charge is 0.481 e. The van der Waals surface area contributed by atoms with Gasteiger partial charge in [0.25, 0.3) is 5.82 Å². The van der Waals surface area contributed by atoms with Crippen LogP contribution in [-0.4, -0.2) is 4.98 Å². The third kappa shape index (κ3) is 3.18. The Morgan fingerprint density at radius 1 is 0.923 bits per heavy atom. The summed E-state index contributed by atoms with van der Waals surface area (Å²) < 4.78 is 22.3. The number of aromatic nitrogens is 2. The summed E-state index contributed by atoms with van der Waals surface area (Å²) in [5, 5.41) is 0. The maximum Gasteiger partial charge on any atom is 0.294 e. The molecule has 26 heavy (non-hydrogen) atoms. The van der Waals surface area contributed by atoms with Gasteiger partial charge in [-0.05, 0) is 36.8 Å². The molecule has 130 valence electrons. The van der Waals surface area contributed by atoms with Crippen LogP contribution in [0.25, 0.3) is 11.0 Å². The van der Waals surface area contributed by atoms with E-state index in [0.717, 1.165) is 28.2 Å². The van der Waals surface area contributed by atoms with Crippen LogP contribution < -0.4 is 9.30 Å². The number of fused-ring (bicyclic) bond motifs is 1. The van der Waals surface area contributed by atoms with E-state index in [4.69, 9.17) is 4.74 Å².